The van der Waals surface area contributed by atoms with Gasteiger partial charge in [0.05, 0.1) is 32.4 Å². The Morgan fingerprint density at radius 2 is 2.19 bits per heavy atom. The quantitative estimate of drug-likeness (QED) is 0.466. The molecule has 1 heterocycles. The molecule has 8 heteroatoms. The molecule has 0 aromatic heterocycles. The van der Waals surface area contributed by atoms with Crippen LogP contribution in [-0.4, -0.2) is 36.8 Å². The van der Waals surface area contributed by atoms with Crippen molar-refractivity contribution in [2.75, 3.05) is 25.8 Å². The molecule has 2 aromatic carbocycles. The Hall–Kier alpha value is -3.31. The van der Waals surface area contributed by atoms with Gasteiger partial charge in [0.2, 0.25) is 6.79 Å². The van der Waals surface area contributed by atoms with Crippen molar-refractivity contribution in [3.05, 3.63) is 48.0 Å². The van der Waals surface area contributed by atoms with E-state index in [1.54, 1.807) is 18.3 Å². The van der Waals surface area contributed by atoms with Gasteiger partial charge in [0.1, 0.15) is 5.75 Å². The standard InChI is InChI=1S/C19H18N4O3S/c1-24-16-5-2-4-15(11-16)22-19(27)23(9-3-8-20)21-12-14-6-7-17-18(10-14)26-13-25-17/h2,4-7,10-12H,3,9,13H2,1H3,(H,22,27). The first-order valence-electron chi connectivity index (χ1n) is 8.23. The highest BCUT2D eigenvalue weighted by atomic mass is 32.1. The zero-order valence-electron chi connectivity index (χ0n) is 14.7. The summed E-state index contributed by atoms with van der Waals surface area (Å²) >= 11 is 5.45. The smallest absolute Gasteiger partial charge is 0.231 e. The third kappa shape index (κ3) is 4.86. The average molecular weight is 382 g/mol. The van der Waals surface area contributed by atoms with Gasteiger partial charge in [-0.05, 0) is 48.1 Å². The highest BCUT2D eigenvalue weighted by Gasteiger charge is 2.13. The minimum atomic E-state index is 0.221. The average Bonchev–Trinajstić information content (AvgIpc) is 3.16. The number of nitrogens with zero attached hydrogens (tertiary/aromatic N) is 3. The lowest BCUT2D eigenvalue weighted by molar-refractivity contribution is 0.174. The number of methoxy groups -OCH3 is 1. The van der Waals surface area contributed by atoms with Gasteiger partial charge in [-0.3, -0.25) is 0 Å². The molecule has 1 aliphatic rings. The van der Waals surface area contributed by atoms with Crippen molar-refractivity contribution in [3.63, 3.8) is 0 Å². The molecule has 0 fully saturated rings. The lowest BCUT2D eigenvalue weighted by Gasteiger charge is -2.20. The van der Waals surface area contributed by atoms with Crippen molar-refractivity contribution in [2.24, 2.45) is 5.10 Å². The second-order valence-corrected chi connectivity index (χ2v) is 5.94. The topological polar surface area (TPSA) is 79.1 Å². The van der Waals surface area contributed by atoms with Crippen molar-refractivity contribution < 1.29 is 14.2 Å². The molecule has 1 N–H and O–H groups in total. The van der Waals surface area contributed by atoms with Gasteiger partial charge in [-0.25, -0.2) is 5.01 Å². The van der Waals surface area contributed by atoms with Crippen molar-refractivity contribution in [1.82, 2.24) is 5.01 Å². The number of anilines is 1. The maximum Gasteiger partial charge on any atom is 0.231 e. The molecule has 0 aliphatic carbocycles. The summed E-state index contributed by atoms with van der Waals surface area (Å²) in [5.74, 6) is 2.11. The Kier molecular flexibility index (Phi) is 6.07. The van der Waals surface area contributed by atoms with E-state index < -0.39 is 0 Å². The largest absolute Gasteiger partial charge is 0.497 e. The number of benzene rings is 2. The van der Waals surface area contributed by atoms with Crippen LogP contribution in [0.15, 0.2) is 47.6 Å². The summed E-state index contributed by atoms with van der Waals surface area (Å²) in [4.78, 5) is 0. The number of ether oxygens (including phenoxy) is 3. The number of nitriles is 1. The van der Waals surface area contributed by atoms with Crippen LogP contribution < -0.4 is 19.5 Å². The summed E-state index contributed by atoms with van der Waals surface area (Å²) in [7, 11) is 1.60. The predicted octanol–water partition coefficient (Wildman–Crippen LogP) is 3.37. The summed E-state index contributed by atoms with van der Waals surface area (Å²) in [6, 6.07) is 15.1. The molecular weight excluding hydrogens is 364 g/mol. The van der Waals surface area contributed by atoms with Crippen molar-refractivity contribution in [3.8, 4) is 23.3 Å². The molecule has 0 saturated carbocycles. The van der Waals surface area contributed by atoms with Gasteiger partial charge >= 0.3 is 0 Å². The Balaban J connectivity index is 1.72. The van der Waals surface area contributed by atoms with Gasteiger partial charge in [0, 0.05) is 11.8 Å². The number of thiocarbonyl (C=S) groups is 1. The fraction of sp³-hybridized carbons (Fsp3) is 0.211. The monoisotopic (exact) mass is 382 g/mol. The van der Waals surface area contributed by atoms with Gasteiger partial charge in [0.25, 0.3) is 0 Å². The molecule has 0 spiro atoms. The normalized spacial score (nSPS) is 11.9. The molecule has 3 rings (SSSR count). The number of rotatable bonds is 6. The molecule has 0 bridgehead atoms. The summed E-state index contributed by atoms with van der Waals surface area (Å²) < 4.78 is 15.9. The molecule has 2 aromatic rings. The molecule has 27 heavy (non-hydrogen) atoms. The van der Waals surface area contributed by atoms with E-state index in [2.05, 4.69) is 16.5 Å². The molecule has 0 radical (unpaired) electrons. The van der Waals surface area contributed by atoms with E-state index in [1.807, 2.05) is 42.5 Å². The van der Waals surface area contributed by atoms with Crippen LogP contribution in [0.1, 0.15) is 12.0 Å². The fourth-order valence-corrected chi connectivity index (χ4v) is 2.64. The molecule has 138 valence electrons. The number of fused-ring (bicyclic) bond motifs is 1. The lowest BCUT2D eigenvalue weighted by Crippen LogP contribution is -2.31. The van der Waals surface area contributed by atoms with Crippen LogP contribution in [0.5, 0.6) is 17.2 Å². The van der Waals surface area contributed by atoms with E-state index in [-0.39, 0.29) is 6.79 Å². The molecule has 1 aliphatic heterocycles. The summed E-state index contributed by atoms with van der Waals surface area (Å²) in [6.07, 6.45) is 1.96. The third-order valence-corrected chi connectivity index (χ3v) is 4.05. The van der Waals surface area contributed by atoms with Gasteiger partial charge in [-0.1, -0.05) is 6.07 Å². The van der Waals surface area contributed by atoms with E-state index in [0.29, 0.717) is 29.6 Å². The van der Waals surface area contributed by atoms with Crippen LogP contribution in [0.25, 0.3) is 0 Å². The van der Waals surface area contributed by atoms with Crippen LogP contribution in [-0.2, 0) is 0 Å². The SMILES string of the molecule is COc1cccc(NC(=S)N(CCC#N)N=Cc2ccc3c(c2)OCO3)c1. The van der Waals surface area contributed by atoms with Gasteiger partial charge in [0.15, 0.2) is 16.6 Å². The highest BCUT2D eigenvalue weighted by Crippen LogP contribution is 2.32. The van der Waals surface area contributed by atoms with E-state index in [0.717, 1.165) is 17.0 Å². The first kappa shape index (κ1) is 18.5. The van der Waals surface area contributed by atoms with Crippen molar-refractivity contribution in [2.45, 2.75) is 6.42 Å². The van der Waals surface area contributed by atoms with Crippen LogP contribution in [0.3, 0.4) is 0 Å². The van der Waals surface area contributed by atoms with Gasteiger partial charge < -0.3 is 19.5 Å². The second kappa shape index (κ2) is 8.87. The van der Waals surface area contributed by atoms with Crippen LogP contribution in [0.4, 0.5) is 5.69 Å². The molecule has 0 saturated heterocycles. The van der Waals surface area contributed by atoms with Crippen LogP contribution in [0, 0.1) is 11.3 Å². The number of hydrogen-bond acceptors (Lipinski definition) is 6. The maximum atomic E-state index is 8.91. The molecular formula is C19H18N4O3S. The number of hydrogen-bond donors (Lipinski definition) is 1. The molecule has 0 amide bonds. The first-order valence-corrected chi connectivity index (χ1v) is 8.63. The second-order valence-electron chi connectivity index (χ2n) is 5.55. The summed E-state index contributed by atoms with van der Waals surface area (Å²) in [5, 5.41) is 18.4. The van der Waals surface area contributed by atoms with Gasteiger partial charge in [-0.2, -0.15) is 10.4 Å². The van der Waals surface area contributed by atoms with Gasteiger partial charge in [-0.15, -0.1) is 0 Å². The van der Waals surface area contributed by atoms with Crippen molar-refractivity contribution in [1.29, 1.82) is 5.26 Å². The van der Waals surface area contributed by atoms with E-state index in [1.165, 1.54) is 0 Å². The summed E-state index contributed by atoms with van der Waals surface area (Å²) in [6.45, 7) is 0.589. The van der Waals surface area contributed by atoms with Crippen LogP contribution >= 0.6 is 12.2 Å². The third-order valence-electron chi connectivity index (χ3n) is 3.73. The van der Waals surface area contributed by atoms with E-state index in [9.17, 15) is 0 Å². The Labute approximate surface area is 162 Å². The first-order chi connectivity index (χ1) is 13.2. The van der Waals surface area contributed by atoms with E-state index >= 15 is 0 Å². The van der Waals surface area contributed by atoms with Crippen LogP contribution in [0.2, 0.25) is 0 Å². The maximum absolute atomic E-state index is 8.91. The molecule has 7 nitrogen and oxygen atoms in total. The zero-order valence-corrected chi connectivity index (χ0v) is 15.5. The lowest BCUT2D eigenvalue weighted by atomic mass is 10.2. The number of nitrogens with one attached hydrogen (secondary N) is 1. The Morgan fingerprint density at radius 1 is 1.33 bits per heavy atom. The summed E-state index contributed by atoms with van der Waals surface area (Å²) in [5.41, 5.74) is 1.62. The minimum Gasteiger partial charge on any atom is -0.497 e. The number of hydrazone groups is 1. The Bertz CT molecular complexity index is 895. The fourth-order valence-electron chi connectivity index (χ4n) is 2.39. The molecule has 0 unspecified atom stereocenters. The molecule has 0 atom stereocenters. The van der Waals surface area contributed by atoms with E-state index in [4.69, 9.17) is 31.7 Å². The predicted molar refractivity (Wildman–Crippen MR) is 106 cm³/mol. The highest BCUT2D eigenvalue weighted by molar-refractivity contribution is 7.80. The Morgan fingerprint density at radius 3 is 3.00 bits per heavy atom. The van der Waals surface area contributed by atoms with Crippen molar-refractivity contribution >= 4 is 29.2 Å². The zero-order chi connectivity index (χ0) is 19.1. The minimum absolute atomic E-state index is 0.221.